The molecular weight excluding hydrogens is 565 g/mol. The van der Waals surface area contributed by atoms with Crippen LogP contribution in [-0.4, -0.2) is 4.57 Å². The SMILES string of the molecule is CC1=[C-]CC=C1C.Cc1cc2ccccc2n1-c1cc2ccccc2[cH-]1.[Br-].[Br-].[Zr+4]. The van der Waals surface area contributed by atoms with Crippen LogP contribution in [0.25, 0.3) is 27.4 Å². The molecule has 0 fully saturated rings. The fourth-order valence-corrected chi connectivity index (χ4v) is 3.55. The van der Waals surface area contributed by atoms with E-state index in [1.54, 1.807) is 0 Å². The van der Waals surface area contributed by atoms with Crippen molar-refractivity contribution in [3.8, 4) is 5.69 Å². The first-order chi connectivity index (χ1) is 12.6. The zero-order valence-corrected chi connectivity index (χ0v) is 22.5. The minimum atomic E-state index is 0. The molecule has 1 aliphatic carbocycles. The van der Waals surface area contributed by atoms with Gasteiger partial charge < -0.3 is 38.5 Å². The monoisotopic (exact) mass is 585 g/mol. The van der Waals surface area contributed by atoms with E-state index in [0.29, 0.717) is 0 Å². The molecular formula is C25H23Br2NZr. The van der Waals surface area contributed by atoms with E-state index in [1.807, 2.05) is 0 Å². The summed E-state index contributed by atoms with van der Waals surface area (Å²) in [5.41, 5.74) is 6.51. The summed E-state index contributed by atoms with van der Waals surface area (Å²) < 4.78 is 2.33. The van der Waals surface area contributed by atoms with Gasteiger partial charge in [0.1, 0.15) is 0 Å². The largest absolute Gasteiger partial charge is 4.00 e. The van der Waals surface area contributed by atoms with Crippen LogP contribution in [0.15, 0.2) is 84.0 Å². The summed E-state index contributed by atoms with van der Waals surface area (Å²) in [6.45, 7) is 6.38. The third kappa shape index (κ3) is 5.54. The van der Waals surface area contributed by atoms with Crippen molar-refractivity contribution in [1.82, 2.24) is 4.57 Å². The second kappa shape index (κ2) is 11.3. The number of aryl methyl sites for hydroxylation is 1. The van der Waals surface area contributed by atoms with Crippen molar-refractivity contribution >= 4 is 21.7 Å². The summed E-state index contributed by atoms with van der Waals surface area (Å²) in [4.78, 5) is 0. The van der Waals surface area contributed by atoms with Crippen molar-refractivity contribution in [2.45, 2.75) is 27.2 Å². The Kier molecular flexibility index (Phi) is 10.2. The van der Waals surface area contributed by atoms with Crippen LogP contribution in [0.4, 0.5) is 0 Å². The van der Waals surface area contributed by atoms with Crippen LogP contribution >= 0.6 is 0 Å². The van der Waals surface area contributed by atoms with Crippen LogP contribution in [0.5, 0.6) is 0 Å². The summed E-state index contributed by atoms with van der Waals surface area (Å²) >= 11 is 0. The summed E-state index contributed by atoms with van der Waals surface area (Å²) in [5, 5.41) is 3.90. The van der Waals surface area contributed by atoms with Crippen LogP contribution in [0, 0.1) is 13.0 Å². The number of hydrogen-bond donors (Lipinski definition) is 0. The van der Waals surface area contributed by atoms with Gasteiger partial charge in [0.2, 0.25) is 0 Å². The molecule has 1 heterocycles. The molecule has 0 amide bonds. The standard InChI is InChI=1S/C18H14N.C7H9.2BrH.Zr/c1-13-10-16-8-4-5-9-18(16)19(13)17-11-14-6-2-3-7-15(14)12-17;1-6-4-3-5-7(6)2;;;/h2-12H,1H3;4H,3H2,1-2H3;2*1H;/q2*-1;;;+4/p-2. The third-order valence-electron chi connectivity index (χ3n) is 5.12. The molecule has 0 radical (unpaired) electrons. The van der Waals surface area contributed by atoms with E-state index in [9.17, 15) is 0 Å². The van der Waals surface area contributed by atoms with Gasteiger partial charge in [-0.25, -0.2) is 11.1 Å². The first-order valence-corrected chi connectivity index (χ1v) is 9.11. The van der Waals surface area contributed by atoms with Crippen LogP contribution < -0.4 is 34.0 Å². The van der Waals surface area contributed by atoms with E-state index < -0.39 is 0 Å². The second-order valence-corrected chi connectivity index (χ2v) is 6.92. The molecule has 4 aromatic rings. The van der Waals surface area contributed by atoms with Crippen molar-refractivity contribution in [2.75, 3.05) is 0 Å². The third-order valence-corrected chi connectivity index (χ3v) is 5.12. The van der Waals surface area contributed by atoms with Gasteiger partial charge in [0.25, 0.3) is 0 Å². The van der Waals surface area contributed by atoms with E-state index in [4.69, 9.17) is 0 Å². The van der Waals surface area contributed by atoms with Crippen LogP contribution in [0.1, 0.15) is 26.0 Å². The van der Waals surface area contributed by atoms with Gasteiger partial charge in [0.05, 0.1) is 5.52 Å². The molecule has 0 N–H and O–H groups in total. The average molecular weight is 588 g/mol. The number of benzene rings is 2. The molecule has 0 spiro atoms. The molecule has 0 atom stereocenters. The zero-order chi connectivity index (χ0) is 18.1. The molecule has 0 saturated carbocycles. The van der Waals surface area contributed by atoms with Gasteiger partial charge >= 0.3 is 26.2 Å². The Morgan fingerprint density at radius 2 is 1.52 bits per heavy atom. The number of nitrogens with zero attached hydrogens (tertiary/aromatic N) is 1. The average Bonchev–Trinajstić information content (AvgIpc) is 3.31. The van der Waals surface area contributed by atoms with Crippen molar-refractivity contribution in [3.05, 3.63) is 95.7 Å². The zero-order valence-electron chi connectivity index (χ0n) is 16.8. The topological polar surface area (TPSA) is 4.93 Å². The first kappa shape index (κ1) is 25.9. The van der Waals surface area contributed by atoms with Gasteiger partial charge in [0, 0.05) is 11.1 Å². The number of hydrogen-bond acceptors (Lipinski definition) is 0. The number of para-hydroxylation sites is 1. The number of allylic oxidation sites excluding steroid dienone is 4. The number of rotatable bonds is 1. The molecule has 0 saturated heterocycles. The van der Waals surface area contributed by atoms with Crippen molar-refractivity contribution in [1.29, 1.82) is 0 Å². The molecule has 0 aliphatic heterocycles. The van der Waals surface area contributed by atoms with Gasteiger partial charge in [-0.05, 0) is 24.7 Å². The maximum absolute atomic E-state index is 3.19. The fraction of sp³-hybridized carbons (Fsp3) is 0.160. The predicted molar refractivity (Wildman–Crippen MR) is 112 cm³/mol. The Morgan fingerprint density at radius 3 is 2.10 bits per heavy atom. The predicted octanol–water partition coefficient (Wildman–Crippen LogP) is 0.902. The molecule has 0 bridgehead atoms. The molecule has 29 heavy (non-hydrogen) atoms. The smallest absolute Gasteiger partial charge is 1.00 e. The minimum Gasteiger partial charge on any atom is -1.00 e. The minimum absolute atomic E-state index is 0. The molecule has 1 aromatic heterocycles. The Labute approximate surface area is 213 Å². The Morgan fingerprint density at radius 1 is 0.862 bits per heavy atom. The first-order valence-electron chi connectivity index (χ1n) is 9.11. The van der Waals surface area contributed by atoms with Gasteiger partial charge in [-0.15, -0.1) is 54.4 Å². The van der Waals surface area contributed by atoms with E-state index in [2.05, 4.69) is 104 Å². The van der Waals surface area contributed by atoms with Crippen molar-refractivity contribution < 1.29 is 60.2 Å². The maximum Gasteiger partial charge on any atom is 4.00 e. The molecule has 1 nitrogen and oxygen atoms in total. The molecule has 5 rings (SSSR count). The van der Waals surface area contributed by atoms with E-state index >= 15 is 0 Å². The molecule has 146 valence electrons. The fourth-order valence-electron chi connectivity index (χ4n) is 3.55. The van der Waals surface area contributed by atoms with Crippen molar-refractivity contribution in [3.63, 3.8) is 0 Å². The molecule has 3 aromatic carbocycles. The summed E-state index contributed by atoms with van der Waals surface area (Å²) in [7, 11) is 0. The molecule has 1 aliphatic rings. The summed E-state index contributed by atoms with van der Waals surface area (Å²) in [5.74, 6) is 0. The quantitative estimate of drug-likeness (QED) is 0.292. The molecule has 0 unspecified atom stereocenters. The van der Waals surface area contributed by atoms with Crippen LogP contribution in [0.3, 0.4) is 0 Å². The number of fused-ring (bicyclic) bond motifs is 2. The van der Waals surface area contributed by atoms with E-state index in [1.165, 1.54) is 44.2 Å². The molecule has 4 heteroatoms. The van der Waals surface area contributed by atoms with Gasteiger partial charge in [-0.3, -0.25) is 6.08 Å². The van der Waals surface area contributed by atoms with Gasteiger partial charge in [-0.2, -0.15) is 6.08 Å². The van der Waals surface area contributed by atoms with Crippen LogP contribution in [-0.2, 0) is 26.2 Å². The summed E-state index contributed by atoms with van der Waals surface area (Å²) in [6, 6.07) is 23.8. The van der Waals surface area contributed by atoms with E-state index in [-0.39, 0.29) is 60.2 Å². The summed E-state index contributed by atoms with van der Waals surface area (Å²) in [6.07, 6.45) is 6.41. The second-order valence-electron chi connectivity index (χ2n) is 6.92. The number of halogens is 2. The number of aromatic nitrogens is 1. The van der Waals surface area contributed by atoms with Crippen LogP contribution in [0.2, 0.25) is 0 Å². The van der Waals surface area contributed by atoms with Crippen molar-refractivity contribution in [2.24, 2.45) is 0 Å². The van der Waals surface area contributed by atoms with Gasteiger partial charge in [-0.1, -0.05) is 31.2 Å². The Bertz CT molecular complexity index is 1100. The Hall–Kier alpha value is -1.09. The Balaban J connectivity index is 0.000000365. The van der Waals surface area contributed by atoms with Gasteiger partial charge in [0.15, 0.2) is 0 Å². The maximum atomic E-state index is 3.19. The van der Waals surface area contributed by atoms with E-state index in [0.717, 1.165) is 6.42 Å². The normalized spacial score (nSPS) is 12.1.